The van der Waals surface area contributed by atoms with E-state index < -0.39 is 5.41 Å². The first kappa shape index (κ1) is 20.3. The van der Waals surface area contributed by atoms with Crippen LogP contribution in [-0.2, 0) is 14.9 Å². The number of hydrogen-bond donors (Lipinski definition) is 1. The molecule has 31 heavy (non-hydrogen) atoms. The van der Waals surface area contributed by atoms with Crippen LogP contribution < -0.4 is 10.2 Å². The lowest BCUT2D eigenvalue weighted by atomic mass is 9.85. The minimum absolute atomic E-state index is 0.0457. The number of anilines is 2. The van der Waals surface area contributed by atoms with Gasteiger partial charge in [0.25, 0.3) is 5.91 Å². The summed E-state index contributed by atoms with van der Waals surface area (Å²) in [6.45, 7) is 7.29. The van der Waals surface area contributed by atoms with Crippen LogP contribution in [0.25, 0.3) is 0 Å². The van der Waals surface area contributed by atoms with Crippen LogP contribution in [0.3, 0.4) is 0 Å². The van der Waals surface area contributed by atoms with Gasteiger partial charge in [-0.15, -0.1) is 0 Å². The van der Waals surface area contributed by atoms with Gasteiger partial charge >= 0.3 is 0 Å². The quantitative estimate of drug-likeness (QED) is 0.775. The summed E-state index contributed by atoms with van der Waals surface area (Å²) in [6.07, 6.45) is 4.06. The highest BCUT2D eigenvalue weighted by Crippen LogP contribution is 2.47. The van der Waals surface area contributed by atoms with Crippen molar-refractivity contribution in [3.05, 3.63) is 59.2 Å². The zero-order valence-corrected chi connectivity index (χ0v) is 18.5. The van der Waals surface area contributed by atoms with Gasteiger partial charge in [-0.1, -0.05) is 12.1 Å². The summed E-state index contributed by atoms with van der Waals surface area (Å²) in [4.78, 5) is 28.3. The van der Waals surface area contributed by atoms with E-state index in [9.17, 15) is 9.59 Å². The fraction of sp³-hybridized carbons (Fsp3) is 0.462. The molecule has 5 heteroatoms. The van der Waals surface area contributed by atoms with Crippen LogP contribution in [0.15, 0.2) is 42.5 Å². The second-order valence-electron chi connectivity index (χ2n) is 9.99. The molecule has 1 aliphatic carbocycles. The van der Waals surface area contributed by atoms with E-state index in [0.717, 1.165) is 29.8 Å². The molecule has 0 unspecified atom stereocenters. The highest BCUT2D eigenvalue weighted by Gasteiger charge is 2.45. The molecule has 5 nitrogen and oxygen atoms in total. The Morgan fingerprint density at radius 3 is 2.52 bits per heavy atom. The molecule has 2 aromatic carbocycles. The number of hydrogen-bond acceptors (Lipinski definition) is 3. The van der Waals surface area contributed by atoms with Crippen LogP contribution in [0.2, 0.25) is 0 Å². The topological polar surface area (TPSA) is 58.6 Å². The average molecular weight is 419 g/mol. The highest BCUT2D eigenvalue weighted by molar-refractivity contribution is 6.13. The van der Waals surface area contributed by atoms with Gasteiger partial charge in [-0.3, -0.25) is 14.5 Å². The van der Waals surface area contributed by atoms with Crippen LogP contribution >= 0.6 is 0 Å². The first-order chi connectivity index (χ1) is 14.8. The van der Waals surface area contributed by atoms with Crippen molar-refractivity contribution in [1.82, 2.24) is 5.32 Å². The molecule has 162 valence electrons. The number of carbonyl (C=O) groups excluding carboxylic acids is 2. The first-order valence-corrected chi connectivity index (χ1v) is 11.3. The van der Waals surface area contributed by atoms with E-state index in [1.165, 1.54) is 18.4 Å². The Labute approximate surface area is 183 Å². The Bertz CT molecular complexity index is 1050. The van der Waals surface area contributed by atoms with E-state index in [0.29, 0.717) is 24.7 Å². The van der Waals surface area contributed by atoms with Crippen LogP contribution in [-0.4, -0.2) is 30.6 Å². The van der Waals surface area contributed by atoms with Crippen LogP contribution in [0.4, 0.5) is 11.4 Å². The Morgan fingerprint density at radius 2 is 1.81 bits per heavy atom. The van der Waals surface area contributed by atoms with Gasteiger partial charge in [0.15, 0.2) is 0 Å². The largest absolute Gasteiger partial charge is 0.381 e. The summed E-state index contributed by atoms with van der Waals surface area (Å²) in [5, 5.41) is 3.19. The second kappa shape index (κ2) is 7.20. The van der Waals surface area contributed by atoms with Crippen molar-refractivity contribution in [2.45, 2.75) is 63.3 Å². The van der Waals surface area contributed by atoms with E-state index in [1.807, 2.05) is 49.1 Å². The number of nitrogens with one attached hydrogen (secondary N) is 1. The molecule has 0 atom stereocenters. The first-order valence-electron chi connectivity index (χ1n) is 11.3. The number of benzene rings is 2. The molecule has 2 aliphatic heterocycles. The van der Waals surface area contributed by atoms with Gasteiger partial charge < -0.3 is 10.1 Å². The third-order valence-electron chi connectivity index (χ3n) is 7.10. The highest BCUT2D eigenvalue weighted by atomic mass is 16.5. The minimum Gasteiger partial charge on any atom is -0.381 e. The minimum atomic E-state index is -0.691. The molecule has 2 amide bonds. The van der Waals surface area contributed by atoms with Gasteiger partial charge in [-0.2, -0.15) is 0 Å². The van der Waals surface area contributed by atoms with Gasteiger partial charge in [0.05, 0.1) is 11.1 Å². The van der Waals surface area contributed by atoms with Crippen molar-refractivity contribution in [2.24, 2.45) is 0 Å². The maximum absolute atomic E-state index is 13.4. The molecule has 0 bridgehead atoms. The normalized spacial score (nSPS) is 21.6. The average Bonchev–Trinajstić information content (AvgIpc) is 3.57. The number of ether oxygens (including phenoxy) is 1. The number of amides is 2. The van der Waals surface area contributed by atoms with Crippen LogP contribution in [0.5, 0.6) is 0 Å². The van der Waals surface area contributed by atoms with E-state index in [2.05, 4.69) is 24.4 Å². The van der Waals surface area contributed by atoms with Crippen molar-refractivity contribution in [1.29, 1.82) is 0 Å². The monoisotopic (exact) mass is 418 g/mol. The van der Waals surface area contributed by atoms with Gasteiger partial charge in [-0.05, 0) is 93.8 Å². The van der Waals surface area contributed by atoms with Crippen molar-refractivity contribution in [3.8, 4) is 0 Å². The Balaban J connectivity index is 1.47. The van der Waals surface area contributed by atoms with Crippen LogP contribution in [0.1, 0.15) is 73.9 Å². The standard InChI is InChI=1S/C26H30N2O3/c1-25(2)21-16-19(23(29)27-26(3)11-13-31-14-12-26)9-10-22(21)28(24(25)30)20-6-4-5-18(15-20)17-7-8-17/h4-6,9-10,15-17H,7-8,11-14H2,1-3H3,(H,27,29). The number of rotatable bonds is 4. The maximum Gasteiger partial charge on any atom is 0.251 e. The SMILES string of the molecule is CC1(NC(=O)c2ccc3c(c2)C(C)(C)C(=O)N3c2cccc(C3CC3)c2)CCOCC1. The molecular formula is C26H30N2O3. The molecule has 2 aromatic rings. The zero-order chi connectivity index (χ0) is 21.8. The summed E-state index contributed by atoms with van der Waals surface area (Å²) in [5.41, 5.74) is 3.64. The molecular weight excluding hydrogens is 388 g/mol. The molecule has 2 fully saturated rings. The lowest BCUT2D eigenvalue weighted by Crippen LogP contribution is -2.49. The molecule has 0 spiro atoms. The van der Waals surface area contributed by atoms with Gasteiger partial charge in [0, 0.05) is 30.0 Å². The third kappa shape index (κ3) is 3.55. The predicted molar refractivity (Wildman–Crippen MR) is 121 cm³/mol. The van der Waals surface area contributed by atoms with Crippen molar-refractivity contribution < 1.29 is 14.3 Å². The zero-order valence-electron chi connectivity index (χ0n) is 18.5. The number of fused-ring (bicyclic) bond motifs is 1. The molecule has 1 saturated carbocycles. The Hall–Kier alpha value is -2.66. The summed E-state index contributed by atoms with van der Waals surface area (Å²) in [7, 11) is 0. The van der Waals surface area contributed by atoms with Gasteiger partial charge in [0.1, 0.15) is 0 Å². The van der Waals surface area contributed by atoms with E-state index in [4.69, 9.17) is 4.74 Å². The van der Waals surface area contributed by atoms with Gasteiger partial charge in [0.2, 0.25) is 5.91 Å². The van der Waals surface area contributed by atoms with Crippen molar-refractivity contribution >= 4 is 23.2 Å². The Morgan fingerprint density at radius 1 is 1.06 bits per heavy atom. The molecule has 1 saturated heterocycles. The summed E-state index contributed by atoms with van der Waals surface area (Å²) >= 11 is 0. The van der Waals surface area contributed by atoms with Crippen LogP contribution in [0, 0.1) is 0 Å². The smallest absolute Gasteiger partial charge is 0.251 e. The van der Waals surface area contributed by atoms with E-state index in [1.54, 1.807) is 0 Å². The lowest BCUT2D eigenvalue weighted by molar-refractivity contribution is -0.121. The molecule has 1 N–H and O–H groups in total. The fourth-order valence-corrected chi connectivity index (χ4v) is 4.76. The van der Waals surface area contributed by atoms with Crippen molar-refractivity contribution in [3.63, 3.8) is 0 Å². The third-order valence-corrected chi connectivity index (χ3v) is 7.10. The fourth-order valence-electron chi connectivity index (χ4n) is 4.76. The lowest BCUT2D eigenvalue weighted by Gasteiger charge is -2.34. The maximum atomic E-state index is 13.4. The summed E-state index contributed by atoms with van der Waals surface area (Å²) in [5.74, 6) is 0.580. The van der Waals surface area contributed by atoms with E-state index in [-0.39, 0.29) is 17.4 Å². The van der Waals surface area contributed by atoms with E-state index >= 15 is 0 Å². The molecule has 0 radical (unpaired) electrons. The molecule has 0 aromatic heterocycles. The number of carbonyl (C=O) groups is 2. The summed E-state index contributed by atoms with van der Waals surface area (Å²) < 4.78 is 5.44. The summed E-state index contributed by atoms with van der Waals surface area (Å²) in [6, 6.07) is 14.0. The molecule has 3 aliphatic rings. The second-order valence-corrected chi connectivity index (χ2v) is 9.99. The van der Waals surface area contributed by atoms with Crippen molar-refractivity contribution in [2.75, 3.05) is 18.1 Å². The van der Waals surface area contributed by atoms with Gasteiger partial charge in [-0.25, -0.2) is 0 Å². The Kier molecular flexibility index (Phi) is 4.70. The molecule has 2 heterocycles. The molecule has 5 rings (SSSR count). The number of nitrogens with zero attached hydrogens (tertiary/aromatic N) is 1. The predicted octanol–water partition coefficient (Wildman–Crippen LogP) is 4.82.